The van der Waals surface area contributed by atoms with Gasteiger partial charge in [0.05, 0.1) is 11.0 Å². The maximum Gasteiger partial charge on any atom is 0.263 e. The molecule has 2 aromatic heterocycles. The van der Waals surface area contributed by atoms with Crippen LogP contribution in [-0.2, 0) is 7.05 Å². The number of hydrogen-bond donors (Lipinski definition) is 2. The number of benzene rings is 1. The van der Waals surface area contributed by atoms with Gasteiger partial charge in [-0.3, -0.25) is 9.59 Å². The van der Waals surface area contributed by atoms with E-state index in [4.69, 9.17) is 0 Å². The van der Waals surface area contributed by atoms with Crippen molar-refractivity contribution in [2.75, 3.05) is 0 Å². The molecule has 0 aliphatic heterocycles. The van der Waals surface area contributed by atoms with Gasteiger partial charge in [-0.25, -0.2) is 0 Å². The lowest BCUT2D eigenvalue weighted by Gasteiger charge is -2.09. The third kappa shape index (κ3) is 1.27. The number of nitrogens with one attached hydrogen (secondary N) is 1. The smallest absolute Gasteiger partial charge is 0.263 e. The molecule has 0 bridgehead atoms. The van der Waals surface area contributed by atoms with Gasteiger partial charge >= 0.3 is 0 Å². The van der Waals surface area contributed by atoms with Crippen LogP contribution in [0.25, 0.3) is 21.8 Å². The first-order chi connectivity index (χ1) is 8.59. The van der Waals surface area contributed by atoms with Crippen LogP contribution in [0.2, 0.25) is 0 Å². The highest BCUT2D eigenvalue weighted by atomic mass is 16.3. The molecule has 0 atom stereocenters. The molecule has 3 aromatic rings. The quantitative estimate of drug-likeness (QED) is 0.579. The Balaban J connectivity index is 2.79. The van der Waals surface area contributed by atoms with Crippen LogP contribution in [0.1, 0.15) is 0 Å². The lowest BCUT2D eigenvalue weighted by molar-refractivity contribution is 0.480. The van der Waals surface area contributed by atoms with E-state index in [-0.39, 0.29) is 16.7 Å². The van der Waals surface area contributed by atoms with Crippen molar-refractivity contribution in [1.82, 2.24) is 9.55 Å². The Morgan fingerprint density at radius 3 is 2.72 bits per heavy atom. The Hall–Kier alpha value is -2.56. The van der Waals surface area contributed by atoms with Crippen LogP contribution in [0, 0.1) is 0 Å². The maximum absolute atomic E-state index is 12.2. The van der Waals surface area contributed by atoms with E-state index in [1.165, 1.54) is 4.57 Å². The highest BCUT2D eigenvalue weighted by Crippen LogP contribution is 2.24. The summed E-state index contributed by atoms with van der Waals surface area (Å²) in [5.41, 5.74) is 0.311. The molecule has 5 nitrogen and oxygen atoms in total. The van der Waals surface area contributed by atoms with E-state index in [1.54, 1.807) is 19.2 Å². The first kappa shape index (κ1) is 10.6. The largest absolute Gasteiger partial charge is 0.507 e. The van der Waals surface area contributed by atoms with Crippen molar-refractivity contribution in [2.45, 2.75) is 0 Å². The first-order valence-electron chi connectivity index (χ1n) is 5.43. The topological polar surface area (TPSA) is 75.1 Å². The number of fused-ring (bicyclic) bond motifs is 3. The Labute approximate surface area is 101 Å². The Morgan fingerprint density at radius 2 is 1.94 bits per heavy atom. The van der Waals surface area contributed by atoms with Gasteiger partial charge in [0, 0.05) is 18.5 Å². The number of hydrogen-bond acceptors (Lipinski definition) is 3. The lowest BCUT2D eigenvalue weighted by Crippen LogP contribution is -2.19. The fourth-order valence-electron chi connectivity index (χ4n) is 2.22. The number of aromatic amines is 1. The standard InChI is InChI=1S/C13H10N2O3/c1-15-8-5-3-2-4-7(8)12-11(13(15)18)9(16)6-10(17)14-12/h2-6H,1H3,(H2,14,16,17). The number of rotatable bonds is 0. The maximum atomic E-state index is 12.2. The predicted octanol–water partition coefficient (Wildman–Crippen LogP) is 1.09. The SMILES string of the molecule is Cn1c(=O)c2c(O)cc(=O)[nH]c2c2ccccc21. The Morgan fingerprint density at radius 1 is 1.22 bits per heavy atom. The fourth-order valence-corrected chi connectivity index (χ4v) is 2.22. The summed E-state index contributed by atoms with van der Waals surface area (Å²) in [5, 5.41) is 10.6. The third-order valence-electron chi connectivity index (χ3n) is 3.08. The van der Waals surface area contributed by atoms with Crippen molar-refractivity contribution in [2.24, 2.45) is 7.05 Å². The zero-order chi connectivity index (χ0) is 12.9. The number of pyridine rings is 2. The van der Waals surface area contributed by atoms with Gasteiger partial charge in [0.2, 0.25) is 0 Å². The molecular weight excluding hydrogens is 232 g/mol. The second kappa shape index (κ2) is 3.46. The molecule has 0 radical (unpaired) electrons. The summed E-state index contributed by atoms with van der Waals surface area (Å²) in [5.74, 6) is -0.292. The molecule has 0 fully saturated rings. The number of aryl methyl sites for hydroxylation is 1. The summed E-state index contributed by atoms with van der Waals surface area (Å²) in [6.45, 7) is 0. The number of H-pyrrole nitrogens is 1. The molecule has 3 rings (SSSR count). The monoisotopic (exact) mass is 242 g/mol. The zero-order valence-electron chi connectivity index (χ0n) is 9.60. The minimum absolute atomic E-state index is 0.135. The number of aromatic hydroxyl groups is 1. The van der Waals surface area contributed by atoms with E-state index in [2.05, 4.69) is 4.98 Å². The van der Waals surface area contributed by atoms with Gasteiger partial charge in [0.15, 0.2) is 0 Å². The van der Waals surface area contributed by atoms with Gasteiger partial charge in [0.25, 0.3) is 11.1 Å². The first-order valence-corrected chi connectivity index (χ1v) is 5.43. The third-order valence-corrected chi connectivity index (χ3v) is 3.08. The van der Waals surface area contributed by atoms with Gasteiger partial charge < -0.3 is 14.7 Å². The van der Waals surface area contributed by atoms with Crippen LogP contribution < -0.4 is 11.1 Å². The van der Waals surface area contributed by atoms with Crippen molar-refractivity contribution >= 4 is 21.8 Å². The molecular formula is C13H10N2O3. The fraction of sp³-hybridized carbons (Fsp3) is 0.0769. The van der Waals surface area contributed by atoms with Crippen molar-refractivity contribution < 1.29 is 5.11 Å². The Bertz CT molecular complexity index is 890. The molecule has 0 amide bonds. The normalized spacial score (nSPS) is 11.2. The average molecular weight is 242 g/mol. The molecule has 0 saturated carbocycles. The summed E-state index contributed by atoms with van der Waals surface area (Å²) in [4.78, 5) is 26.2. The van der Waals surface area contributed by atoms with Crippen molar-refractivity contribution in [1.29, 1.82) is 0 Å². The van der Waals surface area contributed by atoms with Crippen molar-refractivity contribution in [3.63, 3.8) is 0 Å². The van der Waals surface area contributed by atoms with Gasteiger partial charge in [-0.15, -0.1) is 0 Å². The van der Waals surface area contributed by atoms with Gasteiger partial charge in [-0.2, -0.15) is 0 Å². The van der Waals surface area contributed by atoms with Gasteiger partial charge in [-0.05, 0) is 6.07 Å². The number of nitrogens with zero attached hydrogens (tertiary/aromatic N) is 1. The molecule has 2 heterocycles. The highest BCUT2D eigenvalue weighted by Gasteiger charge is 2.12. The minimum Gasteiger partial charge on any atom is -0.507 e. The van der Waals surface area contributed by atoms with Crippen LogP contribution in [-0.4, -0.2) is 14.7 Å². The van der Waals surface area contributed by atoms with Crippen molar-refractivity contribution in [3.8, 4) is 5.75 Å². The summed E-state index contributed by atoms with van der Waals surface area (Å²) in [6, 6.07) is 8.23. The summed E-state index contributed by atoms with van der Waals surface area (Å²) in [6.07, 6.45) is 0. The van der Waals surface area contributed by atoms with Gasteiger partial charge in [0.1, 0.15) is 11.1 Å². The second-order valence-corrected chi connectivity index (χ2v) is 4.15. The van der Waals surface area contributed by atoms with Crippen LogP contribution in [0.15, 0.2) is 39.9 Å². The van der Waals surface area contributed by atoms with E-state index in [0.29, 0.717) is 11.0 Å². The van der Waals surface area contributed by atoms with Gasteiger partial charge in [-0.1, -0.05) is 18.2 Å². The molecule has 90 valence electrons. The number of aromatic nitrogens is 2. The Kier molecular flexibility index (Phi) is 2.04. The van der Waals surface area contributed by atoms with E-state index in [1.807, 2.05) is 12.1 Å². The minimum atomic E-state index is -0.432. The van der Waals surface area contributed by atoms with Crippen LogP contribution in [0.4, 0.5) is 0 Å². The van der Waals surface area contributed by atoms with Crippen LogP contribution >= 0.6 is 0 Å². The van der Waals surface area contributed by atoms with E-state index < -0.39 is 5.56 Å². The molecule has 0 aliphatic rings. The molecule has 0 saturated heterocycles. The summed E-state index contributed by atoms with van der Waals surface area (Å²) in [7, 11) is 1.63. The molecule has 2 N–H and O–H groups in total. The molecule has 18 heavy (non-hydrogen) atoms. The van der Waals surface area contributed by atoms with E-state index in [0.717, 1.165) is 11.5 Å². The van der Waals surface area contributed by atoms with E-state index >= 15 is 0 Å². The predicted molar refractivity (Wildman–Crippen MR) is 69.0 cm³/mol. The molecule has 5 heteroatoms. The lowest BCUT2D eigenvalue weighted by atomic mass is 10.1. The summed E-state index contributed by atoms with van der Waals surface area (Å²) < 4.78 is 1.45. The van der Waals surface area contributed by atoms with Crippen LogP contribution in [0.5, 0.6) is 5.75 Å². The van der Waals surface area contributed by atoms with Crippen LogP contribution in [0.3, 0.4) is 0 Å². The summed E-state index contributed by atoms with van der Waals surface area (Å²) >= 11 is 0. The zero-order valence-corrected chi connectivity index (χ0v) is 9.60. The average Bonchev–Trinajstić information content (AvgIpc) is 2.35. The highest BCUT2D eigenvalue weighted by molar-refractivity contribution is 6.04. The molecule has 0 aliphatic carbocycles. The van der Waals surface area contributed by atoms with Crippen molar-refractivity contribution in [3.05, 3.63) is 51.0 Å². The second-order valence-electron chi connectivity index (χ2n) is 4.15. The molecule has 0 unspecified atom stereocenters. The van der Waals surface area contributed by atoms with E-state index in [9.17, 15) is 14.7 Å². The molecule has 1 aromatic carbocycles. The molecule has 0 spiro atoms. The number of para-hydroxylation sites is 1.